The number of methoxy groups -OCH3 is 1. The Morgan fingerprint density at radius 3 is 2.41 bits per heavy atom. The molecule has 1 aliphatic heterocycles. The molecule has 2 aromatic carbocycles. The Morgan fingerprint density at radius 1 is 1.14 bits per heavy atom. The van der Waals surface area contributed by atoms with Crippen molar-refractivity contribution >= 4 is 16.8 Å². The van der Waals surface area contributed by atoms with Crippen LogP contribution in [0, 0.1) is 11.6 Å². The maximum absolute atomic E-state index is 14.6. The number of fused-ring (bicyclic) bond motifs is 1. The van der Waals surface area contributed by atoms with Gasteiger partial charge in [0.2, 0.25) is 5.43 Å². The fourth-order valence-corrected chi connectivity index (χ4v) is 3.45. The maximum Gasteiger partial charge on any atom is 0.259 e. The number of carbonyl (C=O) groups is 1. The van der Waals surface area contributed by atoms with Crippen LogP contribution in [0.3, 0.4) is 0 Å². The fourth-order valence-electron chi connectivity index (χ4n) is 3.45. The van der Waals surface area contributed by atoms with E-state index in [0.717, 1.165) is 17.7 Å². The Balaban J connectivity index is 1.87. The van der Waals surface area contributed by atoms with Gasteiger partial charge >= 0.3 is 0 Å². The molecule has 0 atom stereocenters. The first-order valence-electron chi connectivity index (χ1n) is 9.00. The third-order valence-electron chi connectivity index (χ3n) is 5.01. The molecule has 0 saturated carbocycles. The number of halogens is 2. The molecule has 0 radical (unpaired) electrons. The van der Waals surface area contributed by atoms with Crippen molar-refractivity contribution in [3.8, 4) is 5.75 Å². The summed E-state index contributed by atoms with van der Waals surface area (Å²) < 4.78 is 35.5. The number of aliphatic hydroxyl groups is 1. The van der Waals surface area contributed by atoms with Crippen molar-refractivity contribution in [2.45, 2.75) is 12.6 Å². The number of rotatable bonds is 4. The third kappa shape index (κ3) is 3.36. The van der Waals surface area contributed by atoms with E-state index in [0.29, 0.717) is 5.75 Å². The number of ether oxygens (including phenoxy) is 1. The molecular weight excluding hydrogens is 382 g/mol. The lowest BCUT2D eigenvalue weighted by molar-refractivity contribution is 0.00577. The van der Waals surface area contributed by atoms with E-state index in [2.05, 4.69) is 0 Å². The standard InChI is InChI=1S/C21H18F2N2O4/c1-29-14-4-2-12(3-5-14)8-24-11-15(21(28)25-9-13(26)10-25)20(27)18-16(22)6-7-17(23)19(18)24/h2-7,11,13,26H,8-10H2,1H3. The summed E-state index contributed by atoms with van der Waals surface area (Å²) in [5, 5.41) is 8.96. The molecule has 1 aromatic heterocycles. The lowest BCUT2D eigenvalue weighted by Gasteiger charge is -2.35. The van der Waals surface area contributed by atoms with Crippen molar-refractivity contribution in [3.63, 3.8) is 0 Å². The number of β-amino-alcohol motifs (C(OH)–C–C–N with tert-alkyl or cyclic N) is 1. The number of benzene rings is 2. The van der Waals surface area contributed by atoms with Crippen LogP contribution in [-0.2, 0) is 6.54 Å². The van der Waals surface area contributed by atoms with Crippen LogP contribution >= 0.6 is 0 Å². The third-order valence-corrected chi connectivity index (χ3v) is 5.01. The molecule has 1 aliphatic rings. The highest BCUT2D eigenvalue weighted by atomic mass is 19.1. The number of carbonyl (C=O) groups excluding carboxylic acids is 1. The molecule has 0 aliphatic carbocycles. The minimum atomic E-state index is -0.895. The zero-order valence-corrected chi connectivity index (χ0v) is 15.6. The molecule has 1 fully saturated rings. The second-order valence-electron chi connectivity index (χ2n) is 6.96. The summed E-state index contributed by atoms with van der Waals surface area (Å²) in [6, 6.07) is 8.79. The largest absolute Gasteiger partial charge is 0.497 e. The van der Waals surface area contributed by atoms with E-state index in [1.54, 1.807) is 24.3 Å². The van der Waals surface area contributed by atoms with Gasteiger partial charge in [-0.1, -0.05) is 12.1 Å². The summed E-state index contributed by atoms with van der Waals surface area (Å²) in [4.78, 5) is 26.8. The fraction of sp³-hybridized carbons (Fsp3) is 0.238. The van der Waals surface area contributed by atoms with Gasteiger partial charge < -0.3 is 19.3 Å². The van der Waals surface area contributed by atoms with Gasteiger partial charge in [-0.25, -0.2) is 8.78 Å². The number of aliphatic hydroxyl groups excluding tert-OH is 1. The number of amides is 1. The topological polar surface area (TPSA) is 71.8 Å². The quantitative estimate of drug-likeness (QED) is 0.729. The molecule has 8 heteroatoms. The van der Waals surface area contributed by atoms with Gasteiger partial charge in [0.1, 0.15) is 22.9 Å². The summed E-state index contributed by atoms with van der Waals surface area (Å²) in [5.41, 5.74) is -0.583. The van der Waals surface area contributed by atoms with Crippen LogP contribution in [0.25, 0.3) is 10.9 Å². The Bertz CT molecular complexity index is 1150. The van der Waals surface area contributed by atoms with Gasteiger partial charge in [0.25, 0.3) is 5.91 Å². The second kappa shape index (κ2) is 7.29. The molecule has 0 unspecified atom stereocenters. The van der Waals surface area contributed by atoms with E-state index >= 15 is 0 Å². The van der Waals surface area contributed by atoms with Crippen LogP contribution < -0.4 is 10.2 Å². The molecule has 0 spiro atoms. The van der Waals surface area contributed by atoms with E-state index in [4.69, 9.17) is 4.74 Å². The van der Waals surface area contributed by atoms with Crippen molar-refractivity contribution in [2.75, 3.05) is 20.2 Å². The lowest BCUT2D eigenvalue weighted by atomic mass is 10.1. The summed E-state index contributed by atoms with van der Waals surface area (Å²) in [7, 11) is 1.53. The van der Waals surface area contributed by atoms with Crippen molar-refractivity contribution in [2.24, 2.45) is 0 Å². The first-order valence-corrected chi connectivity index (χ1v) is 9.00. The first kappa shape index (κ1) is 19.1. The number of hydrogen-bond donors (Lipinski definition) is 1. The van der Waals surface area contributed by atoms with Gasteiger partial charge in [-0.05, 0) is 29.8 Å². The molecule has 1 N–H and O–H groups in total. The molecule has 4 rings (SSSR count). The van der Waals surface area contributed by atoms with Crippen molar-refractivity contribution in [1.82, 2.24) is 9.47 Å². The highest BCUT2D eigenvalue weighted by Gasteiger charge is 2.32. The number of pyridine rings is 1. The average Bonchev–Trinajstić information content (AvgIpc) is 2.69. The number of likely N-dealkylation sites (tertiary alicyclic amines) is 1. The van der Waals surface area contributed by atoms with Crippen LogP contribution in [0.2, 0.25) is 0 Å². The van der Waals surface area contributed by atoms with Crippen molar-refractivity contribution < 1.29 is 23.4 Å². The summed E-state index contributed by atoms with van der Waals surface area (Å²) in [6.45, 7) is 0.310. The van der Waals surface area contributed by atoms with Gasteiger partial charge in [0.15, 0.2) is 0 Å². The van der Waals surface area contributed by atoms with Crippen molar-refractivity contribution in [3.05, 3.63) is 75.6 Å². The molecule has 150 valence electrons. The molecule has 0 bridgehead atoms. The summed E-state index contributed by atoms with van der Waals surface area (Å²) >= 11 is 0. The zero-order chi connectivity index (χ0) is 20.7. The van der Waals surface area contributed by atoms with E-state index < -0.39 is 34.5 Å². The molecule has 2 heterocycles. The van der Waals surface area contributed by atoms with Crippen LogP contribution in [0.4, 0.5) is 8.78 Å². The minimum Gasteiger partial charge on any atom is -0.497 e. The predicted molar refractivity (Wildman–Crippen MR) is 102 cm³/mol. The van der Waals surface area contributed by atoms with Gasteiger partial charge in [-0.15, -0.1) is 0 Å². The van der Waals surface area contributed by atoms with E-state index in [-0.39, 0.29) is 30.7 Å². The van der Waals surface area contributed by atoms with Gasteiger partial charge in [0, 0.05) is 25.8 Å². The van der Waals surface area contributed by atoms with Crippen LogP contribution in [0.5, 0.6) is 5.75 Å². The molecule has 1 amide bonds. The molecule has 3 aromatic rings. The zero-order valence-electron chi connectivity index (χ0n) is 15.6. The van der Waals surface area contributed by atoms with Gasteiger partial charge in [-0.3, -0.25) is 9.59 Å². The molecular formula is C21H18F2N2O4. The van der Waals surface area contributed by atoms with E-state index in [1.807, 2.05) is 0 Å². The average molecular weight is 400 g/mol. The number of nitrogens with zero attached hydrogens (tertiary/aromatic N) is 2. The van der Waals surface area contributed by atoms with Crippen molar-refractivity contribution in [1.29, 1.82) is 0 Å². The maximum atomic E-state index is 14.6. The van der Waals surface area contributed by atoms with Crippen LogP contribution in [0.15, 0.2) is 47.4 Å². The SMILES string of the molecule is COc1ccc(Cn2cc(C(=O)N3CC(O)C3)c(=O)c3c(F)ccc(F)c32)cc1. The predicted octanol–water partition coefficient (Wildman–Crippen LogP) is 2.15. The first-order chi connectivity index (χ1) is 13.9. The van der Waals surface area contributed by atoms with Crippen LogP contribution in [0.1, 0.15) is 15.9 Å². The molecule has 1 saturated heterocycles. The van der Waals surface area contributed by atoms with Gasteiger partial charge in [-0.2, -0.15) is 0 Å². The van der Waals surface area contributed by atoms with Gasteiger partial charge in [0.05, 0.1) is 24.1 Å². The summed E-state index contributed by atoms with van der Waals surface area (Å²) in [5.74, 6) is -1.63. The number of aromatic nitrogens is 1. The van der Waals surface area contributed by atoms with E-state index in [1.165, 1.54) is 22.8 Å². The summed E-state index contributed by atoms with van der Waals surface area (Å²) in [6.07, 6.45) is 0.611. The normalized spacial score (nSPS) is 14.1. The monoisotopic (exact) mass is 400 g/mol. The highest BCUT2D eigenvalue weighted by Crippen LogP contribution is 2.22. The smallest absolute Gasteiger partial charge is 0.259 e. The molecule has 6 nitrogen and oxygen atoms in total. The second-order valence-corrected chi connectivity index (χ2v) is 6.96. The number of hydrogen-bond acceptors (Lipinski definition) is 4. The van der Waals surface area contributed by atoms with Crippen LogP contribution in [-0.4, -0.2) is 46.8 Å². The Labute approximate surface area is 164 Å². The molecule has 29 heavy (non-hydrogen) atoms. The minimum absolute atomic E-state index is 0.0976. The Morgan fingerprint density at radius 2 is 1.79 bits per heavy atom. The Kier molecular flexibility index (Phi) is 4.79. The lowest BCUT2D eigenvalue weighted by Crippen LogP contribution is -2.54. The highest BCUT2D eigenvalue weighted by molar-refractivity contribution is 5.98. The van der Waals surface area contributed by atoms with E-state index in [9.17, 15) is 23.5 Å². The Hall–Kier alpha value is -3.26.